The van der Waals surface area contributed by atoms with Crippen molar-refractivity contribution >= 4 is 33.2 Å². The minimum Gasteiger partial charge on any atom is -0.457 e. The lowest BCUT2D eigenvalue weighted by molar-refractivity contribution is 0.483. The van der Waals surface area contributed by atoms with Gasteiger partial charge in [-0.1, -0.05) is 194 Å². The molecule has 3 heterocycles. The normalized spacial score (nSPS) is 13.5. The van der Waals surface area contributed by atoms with E-state index >= 15 is 0 Å². The van der Waals surface area contributed by atoms with Gasteiger partial charge in [-0.2, -0.15) is 0 Å². The van der Waals surface area contributed by atoms with Gasteiger partial charge in [-0.3, -0.25) is 4.57 Å². The van der Waals surface area contributed by atoms with E-state index in [2.05, 4.69) is 287 Å². The van der Waals surface area contributed by atoms with Gasteiger partial charge < -0.3 is 14.5 Å². The van der Waals surface area contributed by atoms with Gasteiger partial charge >= 0.3 is 0 Å². The van der Waals surface area contributed by atoms with Crippen LogP contribution in [0, 0.1) is 0 Å². The third kappa shape index (κ3) is 9.90. The van der Waals surface area contributed by atoms with Crippen molar-refractivity contribution in [1.29, 1.82) is 0 Å². The molecular weight excluding hydrogens is 913 g/mol. The van der Waals surface area contributed by atoms with Crippen molar-refractivity contribution in [2.45, 2.75) is 130 Å². The van der Waals surface area contributed by atoms with Crippen LogP contribution in [0.5, 0.6) is 11.5 Å². The molecule has 0 amide bonds. The molecule has 0 fully saturated rings. The van der Waals surface area contributed by atoms with Crippen LogP contribution in [-0.2, 0) is 21.7 Å². The molecule has 0 radical (unpaired) electrons. The lowest BCUT2D eigenvalue weighted by atomic mass is 9.78. The average Bonchev–Trinajstić information content (AvgIpc) is 4.02. The summed E-state index contributed by atoms with van der Waals surface area (Å²) in [7, 11) is 0. The number of hydrogen-bond acceptors (Lipinski definition) is 4. The highest BCUT2D eigenvalue weighted by atomic mass is 16.5. The second-order valence-electron chi connectivity index (χ2n) is 24.7. The molecule has 0 saturated heterocycles. The van der Waals surface area contributed by atoms with Gasteiger partial charge in [0.1, 0.15) is 17.3 Å². The molecule has 0 atom stereocenters. The fraction of sp³-hybridized carbons (Fsp3) is 0.300. The number of pyridine rings is 1. The van der Waals surface area contributed by atoms with E-state index in [1.807, 2.05) is 6.20 Å². The topological polar surface area (TPSA) is 33.5 Å². The fourth-order valence-electron chi connectivity index (χ4n) is 11.0. The number of anilines is 2. The first-order chi connectivity index (χ1) is 35.6. The summed E-state index contributed by atoms with van der Waals surface area (Å²) in [4.78, 5) is 9.90. The van der Waals surface area contributed by atoms with Crippen molar-refractivity contribution in [3.8, 4) is 28.4 Å². The number of hydrogen-bond donors (Lipinski definition) is 0. The Labute approximate surface area is 447 Å². The predicted octanol–water partition coefficient (Wildman–Crippen LogP) is 18.9. The van der Waals surface area contributed by atoms with Gasteiger partial charge in [-0.05, 0) is 133 Å². The third-order valence-corrected chi connectivity index (χ3v) is 16.0. The Kier molecular flexibility index (Phi) is 13.2. The first kappa shape index (κ1) is 51.1. The zero-order valence-electron chi connectivity index (χ0n) is 46.9. The zero-order valence-corrected chi connectivity index (χ0v) is 46.9. The van der Waals surface area contributed by atoms with Crippen LogP contribution < -0.4 is 14.5 Å². The second kappa shape index (κ2) is 19.4. The second-order valence-corrected chi connectivity index (χ2v) is 24.7. The molecule has 5 heteroatoms. The molecule has 0 aliphatic carbocycles. The summed E-state index contributed by atoms with van der Waals surface area (Å²) in [6.45, 7) is 33.0. The van der Waals surface area contributed by atoms with Crippen LogP contribution >= 0.6 is 0 Å². The average molecular weight is 989 g/mol. The first-order valence-electron chi connectivity index (χ1n) is 27.1. The monoisotopic (exact) mass is 989 g/mol. The summed E-state index contributed by atoms with van der Waals surface area (Å²) in [5, 5.41) is 2.31. The van der Waals surface area contributed by atoms with Crippen molar-refractivity contribution < 1.29 is 4.74 Å². The highest BCUT2D eigenvalue weighted by Crippen LogP contribution is 2.44. The maximum Gasteiger partial charge on any atom is 0.137 e. The van der Waals surface area contributed by atoms with Gasteiger partial charge in [0.05, 0.1) is 17.7 Å². The van der Waals surface area contributed by atoms with E-state index < -0.39 is 0 Å². The highest BCUT2D eigenvalue weighted by molar-refractivity contribution is 6.09. The minimum atomic E-state index is -0.258. The predicted molar refractivity (Wildman–Crippen MR) is 319 cm³/mol. The molecule has 10 rings (SSSR count). The Morgan fingerprint density at radius 2 is 0.960 bits per heavy atom. The Balaban J connectivity index is 1.12. The van der Waals surface area contributed by atoms with Crippen molar-refractivity contribution in [1.82, 2.24) is 9.55 Å². The molecule has 75 heavy (non-hydrogen) atoms. The summed E-state index contributed by atoms with van der Waals surface area (Å²) < 4.78 is 9.58. The number of benzene rings is 7. The maximum atomic E-state index is 7.23. The summed E-state index contributed by atoms with van der Waals surface area (Å²) in [6, 6.07) is 60.4. The van der Waals surface area contributed by atoms with Crippen LogP contribution in [-0.4, -0.2) is 16.2 Å². The van der Waals surface area contributed by atoms with Crippen molar-refractivity contribution in [2.24, 2.45) is 0 Å². The number of fused-ring (bicyclic) bond motifs is 3. The molecule has 0 spiro atoms. The number of nitrogens with zero attached hydrogens (tertiary/aromatic N) is 4. The van der Waals surface area contributed by atoms with E-state index in [9.17, 15) is 0 Å². The standard InChI is InChI=1S/C70H76N4O/c1-46(2)59-26-21-27-60(47(3)4)66(59)48-36-55(72-34-35-73(45-72)56-39-53(67(5,6)7)38-54(40-56)68(8,9)10)43-58(37-48)75-57-29-31-62-61-30-28-51(69(11,12)49-22-17-15-18-23-49)41-63(61)74(64(62)44-57)65-42-52(32-33-71-65)70(13,14)50-24-19-16-20-25-50/h15-44,46-47H,45H2,1-14H3. The smallest absolute Gasteiger partial charge is 0.137 e. The molecule has 5 nitrogen and oxygen atoms in total. The molecular formula is C70H76N4O. The first-order valence-corrected chi connectivity index (χ1v) is 27.1. The molecule has 1 aliphatic heterocycles. The minimum absolute atomic E-state index is 0.0110. The van der Waals surface area contributed by atoms with E-state index in [1.54, 1.807) is 0 Å². The fourth-order valence-corrected chi connectivity index (χ4v) is 11.0. The van der Waals surface area contributed by atoms with Crippen LogP contribution in [0.1, 0.15) is 153 Å². The van der Waals surface area contributed by atoms with Crippen LogP contribution in [0.2, 0.25) is 0 Å². The van der Waals surface area contributed by atoms with Crippen molar-refractivity contribution in [3.63, 3.8) is 0 Å². The third-order valence-electron chi connectivity index (χ3n) is 16.0. The molecule has 9 aromatic rings. The van der Waals surface area contributed by atoms with Crippen LogP contribution in [0.3, 0.4) is 0 Å². The van der Waals surface area contributed by atoms with Gasteiger partial charge in [0.25, 0.3) is 0 Å². The number of ether oxygens (including phenoxy) is 1. The van der Waals surface area contributed by atoms with Gasteiger partial charge in [-0.15, -0.1) is 0 Å². The van der Waals surface area contributed by atoms with E-state index in [0.717, 1.165) is 45.0 Å². The lowest BCUT2D eigenvalue weighted by Crippen LogP contribution is -2.26. The molecule has 0 N–H and O–H groups in total. The quantitative estimate of drug-likeness (QED) is 0.122. The Morgan fingerprint density at radius 3 is 1.51 bits per heavy atom. The molecule has 382 valence electrons. The van der Waals surface area contributed by atoms with Crippen LogP contribution in [0.25, 0.3) is 38.8 Å². The van der Waals surface area contributed by atoms with Gasteiger partial charge in [0.15, 0.2) is 0 Å². The van der Waals surface area contributed by atoms with Crippen LogP contribution in [0.15, 0.2) is 182 Å². The van der Waals surface area contributed by atoms with Crippen molar-refractivity contribution in [3.05, 3.63) is 227 Å². The molecule has 0 bridgehead atoms. The Morgan fingerprint density at radius 1 is 0.440 bits per heavy atom. The number of aromatic nitrogens is 2. The SMILES string of the molecule is CC(C)c1cccc(C(C)C)c1-c1cc(Oc2ccc3c4ccc(C(C)(C)c5ccccc5)cc4n(-c4cc(C(C)(C)c5ccccc5)ccn4)c3c2)cc(N2C=CN(c3cc(C(C)(C)C)cc(C(C)(C)C)c3)C2)c1. The van der Waals surface area contributed by atoms with E-state index in [0.29, 0.717) is 18.5 Å². The molecule has 7 aromatic carbocycles. The molecule has 1 aliphatic rings. The molecule has 2 aromatic heterocycles. The van der Waals surface area contributed by atoms with Gasteiger partial charge in [0.2, 0.25) is 0 Å². The number of rotatable bonds is 12. The summed E-state index contributed by atoms with van der Waals surface area (Å²) in [5.74, 6) is 3.07. The van der Waals surface area contributed by atoms with Crippen LogP contribution in [0.4, 0.5) is 11.4 Å². The summed E-state index contributed by atoms with van der Waals surface area (Å²) in [5.41, 5.74) is 16.7. The van der Waals surface area contributed by atoms with E-state index in [1.165, 1.54) is 61.1 Å². The Hall–Kier alpha value is -7.37. The van der Waals surface area contributed by atoms with Crippen molar-refractivity contribution in [2.75, 3.05) is 16.5 Å². The molecule has 0 unspecified atom stereocenters. The maximum absolute atomic E-state index is 7.23. The Bertz CT molecular complexity index is 3520. The molecule has 0 saturated carbocycles. The highest BCUT2D eigenvalue weighted by Gasteiger charge is 2.29. The summed E-state index contributed by atoms with van der Waals surface area (Å²) >= 11 is 0. The van der Waals surface area contributed by atoms with E-state index in [-0.39, 0.29) is 21.7 Å². The van der Waals surface area contributed by atoms with Gasteiger partial charge in [-0.25, -0.2) is 4.98 Å². The van der Waals surface area contributed by atoms with Gasteiger partial charge in [0, 0.05) is 63.7 Å². The lowest BCUT2D eigenvalue weighted by Gasteiger charge is -2.29. The van der Waals surface area contributed by atoms with E-state index in [4.69, 9.17) is 9.72 Å². The largest absolute Gasteiger partial charge is 0.457 e. The summed E-state index contributed by atoms with van der Waals surface area (Å²) in [6.07, 6.45) is 6.42. The zero-order chi connectivity index (χ0) is 53.2.